The van der Waals surface area contributed by atoms with E-state index in [4.69, 9.17) is 4.74 Å². The van der Waals surface area contributed by atoms with Crippen LogP contribution in [0.4, 0.5) is 0 Å². The Morgan fingerprint density at radius 2 is 2.21 bits per heavy atom. The van der Waals surface area contributed by atoms with Gasteiger partial charge in [0.15, 0.2) is 0 Å². The zero-order valence-corrected chi connectivity index (χ0v) is 8.91. The van der Waals surface area contributed by atoms with Gasteiger partial charge >= 0.3 is 0 Å². The van der Waals surface area contributed by atoms with Gasteiger partial charge in [-0.15, -0.1) is 0 Å². The maximum absolute atomic E-state index is 10.2. The molecule has 0 aromatic rings. The maximum Gasteiger partial charge on any atom is 0.0622 e. The molecule has 80 valence electrons. The summed E-state index contributed by atoms with van der Waals surface area (Å²) in [5.41, 5.74) is 0.153. The van der Waals surface area contributed by atoms with Crippen molar-refractivity contribution in [3.05, 3.63) is 0 Å². The van der Waals surface area contributed by atoms with E-state index in [1.54, 1.807) is 0 Å². The molecule has 2 saturated carbocycles. The van der Waals surface area contributed by atoms with Gasteiger partial charge in [0.05, 0.1) is 18.8 Å². The minimum atomic E-state index is -0.0889. The van der Waals surface area contributed by atoms with Crippen molar-refractivity contribution in [2.24, 2.45) is 17.3 Å². The monoisotopic (exact) mass is 196 g/mol. The number of aliphatic hydroxyl groups excluding tert-OH is 1. The normalized spacial score (nSPS) is 57.0. The van der Waals surface area contributed by atoms with Gasteiger partial charge in [-0.05, 0) is 37.5 Å². The van der Waals surface area contributed by atoms with Crippen molar-refractivity contribution in [1.29, 1.82) is 0 Å². The second-order valence-corrected chi connectivity index (χ2v) is 5.64. The minimum Gasteiger partial charge on any atom is -0.392 e. The number of hydrogen-bond acceptors (Lipinski definition) is 2. The van der Waals surface area contributed by atoms with E-state index in [0.29, 0.717) is 6.10 Å². The van der Waals surface area contributed by atoms with Gasteiger partial charge < -0.3 is 9.84 Å². The van der Waals surface area contributed by atoms with Gasteiger partial charge in [0.2, 0.25) is 0 Å². The highest BCUT2D eigenvalue weighted by Crippen LogP contribution is 2.56. The Bertz CT molecular complexity index is 240. The Hall–Kier alpha value is -0.0800. The van der Waals surface area contributed by atoms with Crippen LogP contribution in [0, 0.1) is 17.3 Å². The molecule has 3 rings (SSSR count). The first-order valence-electron chi connectivity index (χ1n) is 6.02. The van der Waals surface area contributed by atoms with Crippen LogP contribution in [-0.2, 0) is 4.74 Å². The fraction of sp³-hybridized carbons (Fsp3) is 1.00. The zero-order valence-electron chi connectivity index (χ0n) is 8.91. The van der Waals surface area contributed by atoms with Crippen LogP contribution in [0.25, 0.3) is 0 Å². The largest absolute Gasteiger partial charge is 0.392 e. The molecule has 0 radical (unpaired) electrons. The molecule has 0 aromatic carbocycles. The summed E-state index contributed by atoms with van der Waals surface area (Å²) in [6.45, 7) is 3.17. The fourth-order valence-corrected chi connectivity index (χ4v) is 4.24. The summed E-state index contributed by atoms with van der Waals surface area (Å²) in [6, 6.07) is 0. The maximum atomic E-state index is 10.2. The van der Waals surface area contributed by atoms with Crippen molar-refractivity contribution in [3.8, 4) is 0 Å². The number of aliphatic hydroxyl groups is 1. The first-order chi connectivity index (χ1) is 6.72. The van der Waals surface area contributed by atoms with Gasteiger partial charge in [-0.1, -0.05) is 13.3 Å². The van der Waals surface area contributed by atoms with E-state index in [0.717, 1.165) is 31.3 Å². The lowest BCUT2D eigenvalue weighted by Gasteiger charge is -2.49. The number of rotatable bonds is 0. The van der Waals surface area contributed by atoms with Gasteiger partial charge in [-0.25, -0.2) is 0 Å². The Labute approximate surface area is 85.6 Å². The third-order valence-corrected chi connectivity index (χ3v) is 4.91. The number of ether oxygens (including phenoxy) is 1. The molecule has 14 heavy (non-hydrogen) atoms. The van der Waals surface area contributed by atoms with E-state index in [1.807, 2.05) is 0 Å². The summed E-state index contributed by atoms with van der Waals surface area (Å²) in [7, 11) is 0. The molecule has 3 fully saturated rings. The predicted molar refractivity (Wildman–Crippen MR) is 53.9 cm³/mol. The lowest BCUT2D eigenvalue weighted by atomic mass is 9.56. The van der Waals surface area contributed by atoms with Gasteiger partial charge in [0, 0.05) is 5.41 Å². The topological polar surface area (TPSA) is 29.5 Å². The molecule has 1 aliphatic heterocycles. The fourth-order valence-electron chi connectivity index (χ4n) is 4.24. The molecule has 2 nitrogen and oxygen atoms in total. The second-order valence-electron chi connectivity index (χ2n) is 5.64. The highest BCUT2D eigenvalue weighted by Gasteiger charge is 2.57. The first-order valence-corrected chi connectivity index (χ1v) is 6.02. The van der Waals surface area contributed by atoms with E-state index in [1.165, 1.54) is 19.3 Å². The molecule has 1 heterocycles. The molecule has 0 aromatic heterocycles. The Kier molecular flexibility index (Phi) is 1.94. The molecule has 1 spiro atoms. The summed E-state index contributed by atoms with van der Waals surface area (Å²) in [5.74, 6) is 1.48. The van der Waals surface area contributed by atoms with Gasteiger partial charge in [0.25, 0.3) is 0 Å². The molecular weight excluding hydrogens is 176 g/mol. The Morgan fingerprint density at radius 3 is 3.07 bits per heavy atom. The number of hydrogen-bond donors (Lipinski definition) is 1. The molecule has 1 saturated heterocycles. The summed E-state index contributed by atoms with van der Waals surface area (Å²) in [4.78, 5) is 0. The average Bonchev–Trinajstić information content (AvgIpc) is 2.50. The smallest absolute Gasteiger partial charge is 0.0622 e. The van der Waals surface area contributed by atoms with Gasteiger partial charge in [-0.2, -0.15) is 0 Å². The van der Waals surface area contributed by atoms with Crippen LogP contribution in [0.2, 0.25) is 0 Å². The quantitative estimate of drug-likeness (QED) is 0.642. The third kappa shape index (κ3) is 1.04. The summed E-state index contributed by atoms with van der Waals surface area (Å²) in [5, 5.41) is 10.2. The van der Waals surface area contributed by atoms with Crippen LogP contribution in [-0.4, -0.2) is 23.9 Å². The van der Waals surface area contributed by atoms with Crippen molar-refractivity contribution < 1.29 is 9.84 Å². The van der Waals surface area contributed by atoms with E-state index in [9.17, 15) is 5.11 Å². The molecule has 2 aliphatic carbocycles. The van der Waals surface area contributed by atoms with E-state index < -0.39 is 0 Å². The minimum absolute atomic E-state index is 0.0889. The molecule has 0 amide bonds. The molecule has 2 heteroatoms. The molecule has 5 unspecified atom stereocenters. The summed E-state index contributed by atoms with van der Waals surface area (Å²) < 4.78 is 5.82. The van der Waals surface area contributed by atoms with Crippen molar-refractivity contribution in [3.63, 3.8) is 0 Å². The van der Waals surface area contributed by atoms with E-state index in [2.05, 4.69) is 6.92 Å². The number of fused-ring (bicyclic) bond motifs is 1. The third-order valence-electron chi connectivity index (χ3n) is 4.91. The van der Waals surface area contributed by atoms with Crippen molar-refractivity contribution >= 4 is 0 Å². The van der Waals surface area contributed by atoms with E-state index in [-0.39, 0.29) is 11.5 Å². The zero-order chi connectivity index (χ0) is 9.76. The van der Waals surface area contributed by atoms with E-state index >= 15 is 0 Å². The predicted octanol–water partition coefficient (Wildman–Crippen LogP) is 1.96. The van der Waals surface area contributed by atoms with Crippen LogP contribution in [0.1, 0.15) is 39.0 Å². The van der Waals surface area contributed by atoms with Crippen LogP contribution < -0.4 is 0 Å². The Morgan fingerprint density at radius 1 is 1.36 bits per heavy atom. The van der Waals surface area contributed by atoms with Crippen LogP contribution >= 0.6 is 0 Å². The lowest BCUT2D eigenvalue weighted by molar-refractivity contribution is -0.0762. The van der Waals surface area contributed by atoms with Gasteiger partial charge in [0.1, 0.15) is 0 Å². The summed E-state index contributed by atoms with van der Waals surface area (Å²) >= 11 is 0. The van der Waals surface area contributed by atoms with Crippen molar-refractivity contribution in [1.82, 2.24) is 0 Å². The van der Waals surface area contributed by atoms with Crippen LogP contribution in [0.5, 0.6) is 0 Å². The highest BCUT2D eigenvalue weighted by molar-refractivity contribution is 5.05. The molecule has 5 atom stereocenters. The molecule has 1 N–H and O–H groups in total. The first kappa shape index (κ1) is 9.17. The molecule has 2 bridgehead atoms. The Balaban J connectivity index is 1.95. The average molecular weight is 196 g/mol. The van der Waals surface area contributed by atoms with Crippen molar-refractivity contribution in [2.75, 3.05) is 6.61 Å². The summed E-state index contributed by atoms with van der Waals surface area (Å²) in [6.07, 6.45) is 6.24. The standard InChI is InChI=1S/C12H20O2/c1-8-5-9-6-12(7-14-9)10(8)3-2-4-11(12)13/h8-11,13H,2-7H2,1H3. The SMILES string of the molecule is CC1CC2CC3(CO2)C(O)CCCC13. The highest BCUT2D eigenvalue weighted by atomic mass is 16.5. The lowest BCUT2D eigenvalue weighted by Crippen LogP contribution is -2.50. The molecular formula is C12H20O2. The second kappa shape index (κ2) is 2.96. The molecule has 3 aliphatic rings. The van der Waals surface area contributed by atoms with Gasteiger partial charge in [-0.3, -0.25) is 0 Å². The van der Waals surface area contributed by atoms with Crippen LogP contribution in [0.3, 0.4) is 0 Å². The van der Waals surface area contributed by atoms with Crippen molar-refractivity contribution in [2.45, 2.75) is 51.2 Å². The van der Waals surface area contributed by atoms with Crippen LogP contribution in [0.15, 0.2) is 0 Å².